The van der Waals surface area contributed by atoms with Gasteiger partial charge in [0.25, 0.3) is 5.91 Å². The van der Waals surface area contributed by atoms with Crippen molar-refractivity contribution in [2.75, 3.05) is 0 Å². The number of nitrogens with zero attached hydrogens (tertiary/aromatic N) is 1. The van der Waals surface area contributed by atoms with Crippen molar-refractivity contribution in [1.82, 2.24) is 9.97 Å². The molecule has 1 amide bonds. The van der Waals surface area contributed by atoms with Gasteiger partial charge in [-0.2, -0.15) is 13.2 Å². The van der Waals surface area contributed by atoms with E-state index in [1.54, 1.807) is 12.1 Å². The number of rotatable bonds is 3. The molecule has 0 atom stereocenters. The molecule has 0 bridgehead atoms. The molecule has 0 saturated carbocycles. The predicted octanol–water partition coefficient (Wildman–Crippen LogP) is 3.83. The maximum absolute atomic E-state index is 13.1. The molecule has 23 heavy (non-hydrogen) atoms. The number of halogens is 3. The van der Waals surface area contributed by atoms with Crippen LogP contribution in [0.2, 0.25) is 0 Å². The minimum Gasteiger partial charge on any atom is -0.364 e. The van der Waals surface area contributed by atoms with Gasteiger partial charge in [-0.1, -0.05) is 23.9 Å². The number of carbonyl (C=O) groups is 1. The standard InChI is InChI=1S/C15H10F3N3OS/c16-15(17,18)8-4-1-2-6-10(8)23-13-11-9(5-3-7-20-11)21-12(13)14(19)22/h1-7,21H,(H2,19,22). The topological polar surface area (TPSA) is 71.8 Å². The zero-order valence-corrected chi connectivity index (χ0v) is 12.3. The van der Waals surface area contributed by atoms with Crippen molar-refractivity contribution >= 4 is 28.7 Å². The number of primary amides is 1. The van der Waals surface area contributed by atoms with Crippen molar-refractivity contribution in [2.24, 2.45) is 5.73 Å². The van der Waals surface area contributed by atoms with Crippen LogP contribution in [0.15, 0.2) is 52.4 Å². The van der Waals surface area contributed by atoms with E-state index in [-0.39, 0.29) is 15.5 Å². The molecule has 2 aromatic heterocycles. The lowest BCUT2D eigenvalue weighted by atomic mass is 10.2. The lowest BCUT2D eigenvalue weighted by molar-refractivity contribution is -0.139. The Bertz CT molecular complexity index is 889. The monoisotopic (exact) mass is 337 g/mol. The van der Waals surface area contributed by atoms with Crippen LogP contribution in [0.5, 0.6) is 0 Å². The summed E-state index contributed by atoms with van der Waals surface area (Å²) >= 11 is 0.818. The van der Waals surface area contributed by atoms with Gasteiger partial charge in [0.1, 0.15) is 11.2 Å². The molecule has 0 fully saturated rings. The van der Waals surface area contributed by atoms with Crippen LogP contribution < -0.4 is 5.73 Å². The highest BCUT2D eigenvalue weighted by Gasteiger charge is 2.34. The van der Waals surface area contributed by atoms with Gasteiger partial charge in [-0.15, -0.1) is 0 Å². The van der Waals surface area contributed by atoms with Crippen molar-refractivity contribution in [3.8, 4) is 0 Å². The number of alkyl halides is 3. The maximum Gasteiger partial charge on any atom is 0.417 e. The van der Waals surface area contributed by atoms with Gasteiger partial charge in [0.05, 0.1) is 16.0 Å². The number of nitrogens with two attached hydrogens (primary N) is 1. The molecule has 3 N–H and O–H groups in total. The van der Waals surface area contributed by atoms with E-state index in [0.717, 1.165) is 17.8 Å². The van der Waals surface area contributed by atoms with Gasteiger partial charge in [0.2, 0.25) is 0 Å². The number of hydrogen-bond acceptors (Lipinski definition) is 3. The summed E-state index contributed by atoms with van der Waals surface area (Å²) in [6, 6.07) is 8.49. The van der Waals surface area contributed by atoms with Crippen molar-refractivity contribution in [3.63, 3.8) is 0 Å². The Hall–Kier alpha value is -2.48. The highest BCUT2D eigenvalue weighted by Crippen LogP contribution is 2.42. The summed E-state index contributed by atoms with van der Waals surface area (Å²) in [6.45, 7) is 0. The van der Waals surface area contributed by atoms with Crippen LogP contribution in [0.4, 0.5) is 13.2 Å². The minimum absolute atomic E-state index is 0.0194. The van der Waals surface area contributed by atoms with Crippen molar-refractivity contribution < 1.29 is 18.0 Å². The number of H-pyrrole nitrogens is 1. The quantitative estimate of drug-likeness (QED) is 0.763. The molecule has 2 heterocycles. The molecule has 3 rings (SSSR count). The van der Waals surface area contributed by atoms with E-state index in [0.29, 0.717) is 11.0 Å². The average Bonchev–Trinajstić information content (AvgIpc) is 2.86. The number of pyridine rings is 1. The van der Waals surface area contributed by atoms with E-state index in [1.165, 1.54) is 24.4 Å². The SMILES string of the molecule is NC(=O)c1[nH]c2cccnc2c1Sc1ccccc1C(F)(F)F. The number of benzene rings is 1. The normalized spacial score (nSPS) is 11.8. The molecule has 4 nitrogen and oxygen atoms in total. The Morgan fingerprint density at radius 2 is 1.91 bits per heavy atom. The predicted molar refractivity (Wildman–Crippen MR) is 80.2 cm³/mol. The lowest BCUT2D eigenvalue weighted by Gasteiger charge is -2.12. The molecule has 0 spiro atoms. The molecule has 1 aromatic carbocycles. The molecular formula is C15H10F3N3OS. The van der Waals surface area contributed by atoms with Crippen LogP contribution in [0, 0.1) is 0 Å². The zero-order valence-electron chi connectivity index (χ0n) is 11.5. The summed E-state index contributed by atoms with van der Waals surface area (Å²) in [4.78, 5) is 18.8. The first kappa shape index (κ1) is 15.4. The molecule has 8 heteroatoms. The Kier molecular flexibility index (Phi) is 3.77. The minimum atomic E-state index is -4.49. The largest absolute Gasteiger partial charge is 0.417 e. The summed E-state index contributed by atoms with van der Waals surface area (Å²) < 4.78 is 39.4. The van der Waals surface area contributed by atoms with E-state index in [9.17, 15) is 18.0 Å². The number of aromatic amines is 1. The zero-order chi connectivity index (χ0) is 16.6. The molecule has 0 radical (unpaired) electrons. The molecule has 3 aromatic rings. The number of fused-ring (bicyclic) bond motifs is 1. The summed E-state index contributed by atoms with van der Waals surface area (Å²) in [5.41, 5.74) is 5.53. The summed E-state index contributed by atoms with van der Waals surface area (Å²) in [5, 5.41) is 0. The number of nitrogens with one attached hydrogen (secondary N) is 1. The molecule has 0 unspecified atom stereocenters. The number of hydrogen-bond donors (Lipinski definition) is 2. The third kappa shape index (κ3) is 2.89. The van der Waals surface area contributed by atoms with Gasteiger partial charge in [-0.3, -0.25) is 9.78 Å². The van der Waals surface area contributed by atoms with Crippen LogP contribution in [0.1, 0.15) is 16.1 Å². The summed E-state index contributed by atoms with van der Waals surface area (Å²) in [5.74, 6) is -0.755. The molecule has 118 valence electrons. The summed E-state index contributed by atoms with van der Waals surface area (Å²) in [6.07, 6.45) is -2.99. The Balaban J connectivity index is 2.16. The highest BCUT2D eigenvalue weighted by molar-refractivity contribution is 7.99. The third-order valence-electron chi connectivity index (χ3n) is 3.16. The van der Waals surface area contributed by atoms with Crippen LogP contribution in [0.3, 0.4) is 0 Å². The molecule has 0 aliphatic rings. The second-order valence-electron chi connectivity index (χ2n) is 4.69. The second kappa shape index (κ2) is 5.62. The fourth-order valence-corrected chi connectivity index (χ4v) is 3.34. The first-order chi connectivity index (χ1) is 10.9. The molecule has 0 aliphatic heterocycles. The van der Waals surface area contributed by atoms with Crippen LogP contribution in [-0.2, 0) is 6.18 Å². The van der Waals surface area contributed by atoms with Crippen molar-refractivity contribution in [3.05, 3.63) is 53.9 Å². The number of amides is 1. The molecule has 0 saturated heterocycles. The number of aromatic nitrogens is 2. The van der Waals surface area contributed by atoms with E-state index in [1.807, 2.05) is 0 Å². The lowest BCUT2D eigenvalue weighted by Crippen LogP contribution is -2.12. The summed E-state index contributed by atoms with van der Waals surface area (Å²) in [7, 11) is 0. The van der Waals surface area contributed by atoms with E-state index in [4.69, 9.17) is 5.73 Å². The first-order valence-corrected chi connectivity index (χ1v) is 7.30. The van der Waals surface area contributed by atoms with E-state index < -0.39 is 17.6 Å². The third-order valence-corrected chi connectivity index (χ3v) is 4.34. The van der Waals surface area contributed by atoms with Crippen molar-refractivity contribution in [1.29, 1.82) is 0 Å². The van der Waals surface area contributed by atoms with Crippen LogP contribution in [-0.4, -0.2) is 15.9 Å². The van der Waals surface area contributed by atoms with Gasteiger partial charge in [-0.05, 0) is 24.3 Å². The fraction of sp³-hybridized carbons (Fsp3) is 0.0667. The Morgan fingerprint density at radius 1 is 1.17 bits per heavy atom. The van der Waals surface area contributed by atoms with E-state index in [2.05, 4.69) is 9.97 Å². The van der Waals surface area contributed by atoms with Gasteiger partial charge in [0.15, 0.2) is 0 Å². The average molecular weight is 337 g/mol. The van der Waals surface area contributed by atoms with Gasteiger partial charge < -0.3 is 10.7 Å². The highest BCUT2D eigenvalue weighted by atomic mass is 32.2. The van der Waals surface area contributed by atoms with Crippen molar-refractivity contribution in [2.45, 2.75) is 16.0 Å². The Morgan fingerprint density at radius 3 is 2.61 bits per heavy atom. The first-order valence-electron chi connectivity index (χ1n) is 6.48. The number of carbonyl (C=O) groups excluding carboxylic acids is 1. The van der Waals surface area contributed by atoms with Gasteiger partial charge >= 0.3 is 6.18 Å². The smallest absolute Gasteiger partial charge is 0.364 e. The maximum atomic E-state index is 13.1. The van der Waals surface area contributed by atoms with Gasteiger partial charge in [-0.25, -0.2) is 0 Å². The second-order valence-corrected chi connectivity index (χ2v) is 5.74. The van der Waals surface area contributed by atoms with Crippen LogP contribution in [0.25, 0.3) is 11.0 Å². The Labute approximate surface area is 132 Å². The van der Waals surface area contributed by atoms with E-state index >= 15 is 0 Å². The molecule has 0 aliphatic carbocycles. The van der Waals surface area contributed by atoms with Crippen LogP contribution >= 0.6 is 11.8 Å². The fourth-order valence-electron chi connectivity index (χ4n) is 2.17. The van der Waals surface area contributed by atoms with Gasteiger partial charge in [0, 0.05) is 11.1 Å². The molecular weight excluding hydrogens is 327 g/mol.